The Balaban J connectivity index is 0.000000662. The van der Waals surface area contributed by atoms with E-state index in [1.165, 1.54) is 24.8 Å². The summed E-state index contributed by atoms with van der Waals surface area (Å²) in [5.74, 6) is 2.41. The number of esters is 1. The molecular formula is C27H46O5. The van der Waals surface area contributed by atoms with Gasteiger partial charge in [0.05, 0.1) is 0 Å². The lowest BCUT2D eigenvalue weighted by Crippen LogP contribution is -2.51. The van der Waals surface area contributed by atoms with E-state index in [1.807, 2.05) is 33.6 Å². The first-order valence-electron chi connectivity index (χ1n) is 12.4. The molecule has 0 aromatic rings. The van der Waals surface area contributed by atoms with Crippen molar-refractivity contribution in [2.24, 2.45) is 28.6 Å². The molecule has 4 aliphatic carbocycles. The summed E-state index contributed by atoms with van der Waals surface area (Å²) in [5.41, 5.74) is 1.82. The van der Waals surface area contributed by atoms with Crippen molar-refractivity contribution < 1.29 is 23.9 Å². The third-order valence-electron chi connectivity index (χ3n) is 8.44. The van der Waals surface area contributed by atoms with Crippen LogP contribution in [0, 0.1) is 28.6 Å². The molecule has 0 aliphatic heterocycles. The van der Waals surface area contributed by atoms with Gasteiger partial charge in [0.1, 0.15) is 12.9 Å². The van der Waals surface area contributed by atoms with Crippen LogP contribution in [0.15, 0.2) is 11.6 Å². The standard InChI is InChI=1S/C22H32O3.C2H6O.C2H6.CH2O/c1-4-20(24)25-19-8-7-17-16-6-5-14-13-15(23)9-11-21(14,2)18(16)10-12-22(17,19)3;1-3-2;2*1-2/h13,16-19H,4-12H2,1-3H3;1-2H3;1-2H3;1H2. The van der Waals surface area contributed by atoms with Gasteiger partial charge in [-0.05, 0) is 74.2 Å². The summed E-state index contributed by atoms with van der Waals surface area (Å²) in [7, 11) is 3.25. The van der Waals surface area contributed by atoms with E-state index in [2.05, 4.69) is 18.6 Å². The molecule has 0 N–H and O–H groups in total. The van der Waals surface area contributed by atoms with Crippen molar-refractivity contribution >= 4 is 18.5 Å². The topological polar surface area (TPSA) is 69.7 Å². The van der Waals surface area contributed by atoms with Crippen LogP contribution in [0.1, 0.15) is 92.4 Å². The average Bonchev–Trinajstić information content (AvgIpc) is 3.13. The van der Waals surface area contributed by atoms with Crippen LogP contribution in [0.4, 0.5) is 0 Å². The van der Waals surface area contributed by atoms with Crippen molar-refractivity contribution in [3.05, 3.63) is 11.6 Å². The third kappa shape index (κ3) is 5.52. The minimum Gasteiger partial charge on any atom is -0.462 e. The Bertz CT molecular complexity index is 656. The number of hydrogen-bond acceptors (Lipinski definition) is 5. The summed E-state index contributed by atoms with van der Waals surface area (Å²) >= 11 is 0. The molecule has 3 saturated carbocycles. The van der Waals surface area contributed by atoms with Crippen molar-refractivity contribution in [2.45, 2.75) is 98.5 Å². The van der Waals surface area contributed by atoms with Gasteiger partial charge in [-0.1, -0.05) is 40.2 Å². The lowest BCUT2D eigenvalue weighted by atomic mass is 9.47. The first kappa shape index (κ1) is 28.5. The number of methoxy groups -OCH3 is 1. The lowest BCUT2D eigenvalue weighted by molar-refractivity contribution is -0.159. The molecule has 0 spiro atoms. The van der Waals surface area contributed by atoms with Crippen LogP contribution in [-0.2, 0) is 23.9 Å². The quantitative estimate of drug-likeness (QED) is 0.487. The number of carbonyl (C=O) groups is 3. The van der Waals surface area contributed by atoms with Crippen LogP contribution in [0.3, 0.4) is 0 Å². The van der Waals surface area contributed by atoms with E-state index in [4.69, 9.17) is 9.53 Å². The molecule has 0 bridgehead atoms. The van der Waals surface area contributed by atoms with Crippen molar-refractivity contribution in [2.75, 3.05) is 14.2 Å². The SMILES string of the molecule is C=O.CC.CCC(=O)OC1CCC2C3CCC4=CC(=O)CCC4(C)C3CCC12C.COC. The van der Waals surface area contributed by atoms with Crippen LogP contribution < -0.4 is 0 Å². The Morgan fingerprint density at radius 3 is 2.25 bits per heavy atom. The molecule has 4 aliphatic rings. The van der Waals surface area contributed by atoms with Crippen molar-refractivity contribution in [1.29, 1.82) is 0 Å². The Morgan fingerprint density at radius 1 is 1.03 bits per heavy atom. The van der Waals surface area contributed by atoms with Crippen LogP contribution in [0.2, 0.25) is 0 Å². The number of rotatable bonds is 2. The fourth-order valence-electron chi connectivity index (χ4n) is 6.95. The smallest absolute Gasteiger partial charge is 0.305 e. The molecule has 5 nitrogen and oxygen atoms in total. The highest BCUT2D eigenvalue weighted by molar-refractivity contribution is 5.91. The molecule has 0 amide bonds. The molecule has 5 heteroatoms. The highest BCUT2D eigenvalue weighted by Gasteiger charge is 2.59. The minimum absolute atomic E-state index is 0.0411. The molecule has 4 rings (SSSR count). The van der Waals surface area contributed by atoms with E-state index in [1.54, 1.807) is 14.2 Å². The van der Waals surface area contributed by atoms with E-state index in [0.717, 1.165) is 38.0 Å². The minimum atomic E-state index is -0.0411. The van der Waals surface area contributed by atoms with Crippen LogP contribution >= 0.6 is 0 Å². The Labute approximate surface area is 195 Å². The Hall–Kier alpha value is -1.49. The first-order valence-corrected chi connectivity index (χ1v) is 12.4. The van der Waals surface area contributed by atoms with Gasteiger partial charge in [0.25, 0.3) is 0 Å². The molecule has 0 radical (unpaired) electrons. The zero-order valence-electron chi connectivity index (χ0n) is 21.5. The summed E-state index contributed by atoms with van der Waals surface area (Å²) in [6.45, 7) is 12.7. The Kier molecular flexibility index (Phi) is 11.3. The zero-order valence-corrected chi connectivity index (χ0v) is 21.5. The van der Waals surface area contributed by atoms with Gasteiger partial charge in [-0.25, -0.2) is 0 Å². The van der Waals surface area contributed by atoms with Gasteiger partial charge in [-0.15, -0.1) is 0 Å². The molecule has 3 fully saturated rings. The number of allylic oxidation sites excluding steroid dienone is 1. The van der Waals surface area contributed by atoms with Gasteiger partial charge in [0, 0.05) is 32.5 Å². The largest absolute Gasteiger partial charge is 0.462 e. The first-order chi connectivity index (χ1) is 15.3. The van der Waals surface area contributed by atoms with Gasteiger partial charge < -0.3 is 14.3 Å². The second kappa shape index (κ2) is 12.7. The number of hydrogen-bond donors (Lipinski definition) is 0. The predicted octanol–water partition coefficient (Wildman–Crippen LogP) is 5.94. The summed E-state index contributed by atoms with van der Waals surface area (Å²) in [6.07, 6.45) is 11.3. The van der Waals surface area contributed by atoms with E-state index >= 15 is 0 Å². The van der Waals surface area contributed by atoms with E-state index in [0.29, 0.717) is 24.0 Å². The highest BCUT2D eigenvalue weighted by atomic mass is 16.5. The molecule has 184 valence electrons. The highest BCUT2D eigenvalue weighted by Crippen LogP contribution is 2.65. The molecule has 0 aromatic heterocycles. The van der Waals surface area contributed by atoms with Gasteiger partial charge in [-0.3, -0.25) is 9.59 Å². The van der Waals surface area contributed by atoms with Gasteiger partial charge >= 0.3 is 5.97 Å². The van der Waals surface area contributed by atoms with E-state index < -0.39 is 0 Å². The fraction of sp³-hybridized carbons (Fsp3) is 0.815. The van der Waals surface area contributed by atoms with Crippen LogP contribution in [0.5, 0.6) is 0 Å². The maximum absolute atomic E-state index is 11.9. The monoisotopic (exact) mass is 450 g/mol. The molecule has 0 heterocycles. The maximum Gasteiger partial charge on any atom is 0.305 e. The van der Waals surface area contributed by atoms with Crippen molar-refractivity contribution in [1.82, 2.24) is 0 Å². The molecule has 6 unspecified atom stereocenters. The van der Waals surface area contributed by atoms with E-state index in [9.17, 15) is 9.59 Å². The maximum atomic E-state index is 11.9. The molecule has 32 heavy (non-hydrogen) atoms. The lowest BCUT2D eigenvalue weighted by Gasteiger charge is -2.57. The summed E-state index contributed by atoms with van der Waals surface area (Å²) < 4.78 is 10.1. The van der Waals surface area contributed by atoms with Crippen LogP contribution in [0.25, 0.3) is 0 Å². The van der Waals surface area contributed by atoms with Gasteiger partial charge in [0.2, 0.25) is 0 Å². The van der Waals surface area contributed by atoms with Gasteiger partial charge in [0.15, 0.2) is 5.78 Å². The predicted molar refractivity (Wildman–Crippen MR) is 128 cm³/mol. The van der Waals surface area contributed by atoms with Gasteiger partial charge in [-0.2, -0.15) is 0 Å². The number of ketones is 1. The molecule has 0 saturated heterocycles. The third-order valence-corrected chi connectivity index (χ3v) is 8.44. The van der Waals surface area contributed by atoms with Crippen molar-refractivity contribution in [3.63, 3.8) is 0 Å². The second-order valence-corrected chi connectivity index (χ2v) is 9.83. The number of carbonyl (C=O) groups excluding carboxylic acids is 3. The fourth-order valence-corrected chi connectivity index (χ4v) is 6.95. The Morgan fingerprint density at radius 2 is 1.66 bits per heavy atom. The van der Waals surface area contributed by atoms with E-state index in [-0.39, 0.29) is 22.9 Å². The summed E-state index contributed by atoms with van der Waals surface area (Å²) in [5, 5.41) is 0. The second-order valence-electron chi connectivity index (χ2n) is 9.83. The van der Waals surface area contributed by atoms with Crippen molar-refractivity contribution in [3.8, 4) is 0 Å². The zero-order chi connectivity index (χ0) is 24.5. The normalized spacial score (nSPS) is 36.7. The van der Waals surface area contributed by atoms with Crippen LogP contribution in [-0.4, -0.2) is 38.9 Å². The molecule has 0 aromatic carbocycles. The summed E-state index contributed by atoms with van der Waals surface area (Å²) in [4.78, 5) is 31.8. The summed E-state index contributed by atoms with van der Waals surface area (Å²) in [6, 6.07) is 0. The average molecular weight is 451 g/mol. The number of ether oxygens (including phenoxy) is 2. The molecule has 6 atom stereocenters. The number of fused-ring (bicyclic) bond motifs is 5. The molecular weight excluding hydrogens is 404 g/mol.